The first-order chi connectivity index (χ1) is 9.69. The summed E-state index contributed by atoms with van der Waals surface area (Å²) in [6, 6.07) is 10.2. The highest BCUT2D eigenvalue weighted by atomic mass is 15.2. The van der Waals surface area contributed by atoms with Gasteiger partial charge in [0.2, 0.25) is 0 Å². The fourth-order valence-electron chi connectivity index (χ4n) is 4.47. The zero-order valence-electron chi connectivity index (χ0n) is 13.1. The SMILES string of the molecule is CNC1c2ccccc2CCC1N1CC(C)CC(C)C1. The van der Waals surface area contributed by atoms with E-state index in [-0.39, 0.29) is 0 Å². The Balaban J connectivity index is 1.84. The number of fused-ring (bicyclic) bond motifs is 1. The van der Waals surface area contributed by atoms with Gasteiger partial charge in [-0.1, -0.05) is 38.1 Å². The van der Waals surface area contributed by atoms with Gasteiger partial charge in [0.25, 0.3) is 0 Å². The maximum Gasteiger partial charge on any atom is 0.0478 e. The number of likely N-dealkylation sites (tertiary alicyclic amines) is 1. The van der Waals surface area contributed by atoms with Crippen molar-refractivity contribution < 1.29 is 0 Å². The average molecular weight is 272 g/mol. The Morgan fingerprint density at radius 2 is 1.80 bits per heavy atom. The van der Waals surface area contributed by atoms with E-state index < -0.39 is 0 Å². The minimum Gasteiger partial charge on any atom is -0.312 e. The molecule has 1 aromatic rings. The van der Waals surface area contributed by atoms with E-state index in [0.717, 1.165) is 11.8 Å². The molecule has 20 heavy (non-hydrogen) atoms. The van der Waals surface area contributed by atoms with Gasteiger partial charge in [-0.15, -0.1) is 0 Å². The lowest BCUT2D eigenvalue weighted by molar-refractivity contribution is 0.0678. The number of aryl methyl sites for hydroxylation is 1. The molecular formula is C18H28N2. The van der Waals surface area contributed by atoms with Gasteiger partial charge >= 0.3 is 0 Å². The molecule has 2 heteroatoms. The third kappa shape index (κ3) is 2.64. The maximum atomic E-state index is 3.60. The molecule has 0 bridgehead atoms. The molecule has 1 aliphatic carbocycles. The summed E-state index contributed by atoms with van der Waals surface area (Å²) in [5.41, 5.74) is 3.07. The summed E-state index contributed by atoms with van der Waals surface area (Å²) in [5.74, 6) is 1.68. The Labute approximate surface area is 123 Å². The van der Waals surface area contributed by atoms with Crippen LogP contribution in [-0.4, -0.2) is 31.1 Å². The number of benzene rings is 1. The van der Waals surface area contributed by atoms with Crippen molar-refractivity contribution in [2.24, 2.45) is 11.8 Å². The zero-order valence-corrected chi connectivity index (χ0v) is 13.1. The normalized spacial score (nSPS) is 34.8. The van der Waals surface area contributed by atoms with Gasteiger partial charge in [0.05, 0.1) is 0 Å². The summed E-state index contributed by atoms with van der Waals surface area (Å²) in [7, 11) is 2.12. The summed E-state index contributed by atoms with van der Waals surface area (Å²) in [6.45, 7) is 7.37. The third-order valence-electron chi connectivity index (χ3n) is 5.16. The van der Waals surface area contributed by atoms with Crippen molar-refractivity contribution in [3.8, 4) is 0 Å². The van der Waals surface area contributed by atoms with E-state index in [1.165, 1.54) is 37.9 Å². The van der Waals surface area contributed by atoms with Gasteiger partial charge in [-0.05, 0) is 49.3 Å². The smallest absolute Gasteiger partial charge is 0.0478 e. The number of hydrogen-bond acceptors (Lipinski definition) is 2. The first kappa shape index (κ1) is 14.1. The Morgan fingerprint density at radius 1 is 1.10 bits per heavy atom. The predicted octanol–water partition coefficient (Wildman–Crippen LogP) is 3.24. The molecular weight excluding hydrogens is 244 g/mol. The van der Waals surface area contributed by atoms with Crippen LogP contribution in [0.3, 0.4) is 0 Å². The van der Waals surface area contributed by atoms with Gasteiger partial charge < -0.3 is 5.32 Å². The number of rotatable bonds is 2. The van der Waals surface area contributed by atoms with Crippen LogP contribution in [0.5, 0.6) is 0 Å². The van der Waals surface area contributed by atoms with Crippen LogP contribution in [0.4, 0.5) is 0 Å². The molecule has 0 radical (unpaired) electrons. The monoisotopic (exact) mass is 272 g/mol. The van der Waals surface area contributed by atoms with Crippen LogP contribution in [0, 0.1) is 11.8 Å². The number of piperidine rings is 1. The first-order valence-electron chi connectivity index (χ1n) is 8.18. The molecule has 0 amide bonds. The third-order valence-corrected chi connectivity index (χ3v) is 5.16. The largest absolute Gasteiger partial charge is 0.312 e. The Hall–Kier alpha value is -0.860. The van der Waals surface area contributed by atoms with Crippen LogP contribution in [0.1, 0.15) is 43.9 Å². The lowest BCUT2D eigenvalue weighted by Gasteiger charge is -2.45. The van der Waals surface area contributed by atoms with Crippen LogP contribution in [0.2, 0.25) is 0 Å². The second-order valence-electron chi connectivity index (χ2n) is 6.97. The van der Waals surface area contributed by atoms with Crippen molar-refractivity contribution >= 4 is 0 Å². The topological polar surface area (TPSA) is 15.3 Å². The standard InChI is InChI=1S/C18H28N2/c1-13-10-14(2)12-20(11-13)17-9-8-15-6-4-5-7-16(15)18(17)19-3/h4-7,13-14,17-19H,8-12H2,1-3H3. The Kier molecular flexibility index (Phi) is 4.13. The van der Waals surface area contributed by atoms with Gasteiger partial charge in [0.15, 0.2) is 0 Å². The fourth-order valence-corrected chi connectivity index (χ4v) is 4.47. The summed E-state index contributed by atoms with van der Waals surface area (Å²) in [5, 5.41) is 3.60. The van der Waals surface area contributed by atoms with Crippen molar-refractivity contribution in [3.63, 3.8) is 0 Å². The predicted molar refractivity (Wildman–Crippen MR) is 84.9 cm³/mol. The Bertz CT molecular complexity index is 446. The highest BCUT2D eigenvalue weighted by molar-refractivity contribution is 5.34. The second-order valence-corrected chi connectivity index (χ2v) is 6.97. The molecule has 3 rings (SSSR count). The molecule has 4 atom stereocenters. The number of likely N-dealkylation sites (N-methyl/N-ethyl adjacent to an activating group) is 1. The van der Waals surface area contributed by atoms with Crippen LogP contribution in [0.15, 0.2) is 24.3 Å². The minimum absolute atomic E-state index is 0.498. The van der Waals surface area contributed by atoms with Crippen LogP contribution in [-0.2, 0) is 6.42 Å². The molecule has 1 aliphatic heterocycles. The minimum atomic E-state index is 0.498. The Morgan fingerprint density at radius 3 is 2.50 bits per heavy atom. The van der Waals surface area contributed by atoms with Gasteiger partial charge in [-0.25, -0.2) is 0 Å². The van der Waals surface area contributed by atoms with Crippen LogP contribution < -0.4 is 5.32 Å². The molecule has 1 N–H and O–H groups in total. The van der Waals surface area contributed by atoms with Gasteiger partial charge in [0, 0.05) is 25.2 Å². The molecule has 0 aromatic heterocycles. The van der Waals surface area contributed by atoms with E-state index in [4.69, 9.17) is 0 Å². The van der Waals surface area contributed by atoms with Crippen molar-refractivity contribution in [1.82, 2.24) is 10.2 Å². The fraction of sp³-hybridized carbons (Fsp3) is 0.667. The highest BCUT2D eigenvalue weighted by Crippen LogP contribution is 2.35. The molecule has 0 saturated carbocycles. The number of nitrogens with zero attached hydrogens (tertiary/aromatic N) is 1. The summed E-state index contributed by atoms with van der Waals surface area (Å²) < 4.78 is 0. The molecule has 1 aromatic carbocycles. The van der Waals surface area contributed by atoms with Crippen LogP contribution in [0.25, 0.3) is 0 Å². The van der Waals surface area contributed by atoms with Crippen molar-refractivity contribution in [3.05, 3.63) is 35.4 Å². The summed E-state index contributed by atoms with van der Waals surface area (Å²) in [6.07, 6.45) is 3.92. The van der Waals surface area contributed by atoms with E-state index in [2.05, 4.69) is 55.4 Å². The average Bonchev–Trinajstić information content (AvgIpc) is 2.45. The molecule has 1 fully saturated rings. The quantitative estimate of drug-likeness (QED) is 0.889. The van der Waals surface area contributed by atoms with E-state index in [1.807, 2.05) is 0 Å². The van der Waals surface area contributed by atoms with Crippen molar-refractivity contribution in [1.29, 1.82) is 0 Å². The van der Waals surface area contributed by atoms with Gasteiger partial charge in [-0.3, -0.25) is 4.90 Å². The molecule has 110 valence electrons. The molecule has 4 unspecified atom stereocenters. The van der Waals surface area contributed by atoms with Crippen LogP contribution >= 0.6 is 0 Å². The molecule has 1 saturated heterocycles. The number of nitrogens with one attached hydrogen (secondary N) is 1. The lowest BCUT2D eigenvalue weighted by Crippen LogP contribution is -2.51. The first-order valence-corrected chi connectivity index (χ1v) is 8.18. The van der Waals surface area contributed by atoms with Gasteiger partial charge in [0.1, 0.15) is 0 Å². The number of hydrogen-bond donors (Lipinski definition) is 1. The molecule has 2 nitrogen and oxygen atoms in total. The lowest BCUT2D eigenvalue weighted by atomic mass is 9.81. The van der Waals surface area contributed by atoms with Gasteiger partial charge in [-0.2, -0.15) is 0 Å². The van der Waals surface area contributed by atoms with E-state index in [9.17, 15) is 0 Å². The van der Waals surface area contributed by atoms with E-state index in [0.29, 0.717) is 12.1 Å². The summed E-state index contributed by atoms with van der Waals surface area (Å²) >= 11 is 0. The van der Waals surface area contributed by atoms with E-state index >= 15 is 0 Å². The maximum absolute atomic E-state index is 3.60. The second kappa shape index (κ2) is 5.87. The molecule has 1 heterocycles. The highest BCUT2D eigenvalue weighted by Gasteiger charge is 2.35. The molecule has 0 spiro atoms. The van der Waals surface area contributed by atoms with Crippen molar-refractivity contribution in [2.75, 3.05) is 20.1 Å². The van der Waals surface area contributed by atoms with E-state index in [1.54, 1.807) is 5.56 Å². The van der Waals surface area contributed by atoms with Crippen molar-refractivity contribution in [2.45, 2.75) is 45.2 Å². The summed E-state index contributed by atoms with van der Waals surface area (Å²) in [4.78, 5) is 2.76. The molecule has 2 aliphatic rings. The zero-order chi connectivity index (χ0) is 14.1.